The van der Waals surface area contributed by atoms with Gasteiger partial charge in [-0.1, -0.05) is 6.07 Å². The number of amides is 1. The average Bonchev–Trinajstić information content (AvgIpc) is 2.68. The minimum absolute atomic E-state index is 0.00480. The van der Waals surface area contributed by atoms with Gasteiger partial charge in [0.2, 0.25) is 0 Å². The standard InChI is InChI=1S/C21H24F3N3O/c22-21(23,24)16-3-1-2-15(12-16)20(28)27-19-8-4-14(5-9-19)13-26-18-10-6-17(25)7-11-18/h1-3,6-7,10-12,14,19,26H,4-5,8-9,13,25H2,(H,27,28). The highest BCUT2D eigenvalue weighted by molar-refractivity contribution is 5.94. The molecule has 0 aliphatic heterocycles. The Morgan fingerprint density at radius 2 is 1.71 bits per heavy atom. The van der Waals surface area contributed by atoms with E-state index in [1.165, 1.54) is 12.1 Å². The summed E-state index contributed by atoms with van der Waals surface area (Å²) in [5, 5.41) is 6.27. The molecule has 7 heteroatoms. The normalized spacial score (nSPS) is 19.8. The molecule has 0 aromatic heterocycles. The van der Waals surface area contributed by atoms with Crippen LogP contribution in [0.5, 0.6) is 0 Å². The summed E-state index contributed by atoms with van der Waals surface area (Å²) < 4.78 is 38.4. The fraction of sp³-hybridized carbons (Fsp3) is 0.381. The summed E-state index contributed by atoms with van der Waals surface area (Å²) in [6.07, 6.45) is -0.908. The van der Waals surface area contributed by atoms with E-state index in [9.17, 15) is 18.0 Å². The molecule has 0 heterocycles. The number of nitrogens with two attached hydrogens (primary N) is 1. The second-order valence-electron chi connectivity index (χ2n) is 7.27. The van der Waals surface area contributed by atoms with Gasteiger partial charge in [-0.05, 0) is 74.1 Å². The second kappa shape index (κ2) is 8.54. The van der Waals surface area contributed by atoms with E-state index in [0.717, 1.165) is 55.7 Å². The molecule has 2 aromatic rings. The lowest BCUT2D eigenvalue weighted by Gasteiger charge is -2.29. The number of anilines is 2. The van der Waals surface area contributed by atoms with Crippen LogP contribution >= 0.6 is 0 Å². The molecule has 0 radical (unpaired) electrons. The highest BCUT2D eigenvalue weighted by Gasteiger charge is 2.31. The molecular weight excluding hydrogens is 367 g/mol. The minimum Gasteiger partial charge on any atom is -0.399 e. The van der Waals surface area contributed by atoms with Crippen LogP contribution in [0.3, 0.4) is 0 Å². The Morgan fingerprint density at radius 1 is 1.04 bits per heavy atom. The lowest BCUT2D eigenvalue weighted by molar-refractivity contribution is -0.137. The van der Waals surface area contributed by atoms with Gasteiger partial charge in [0.25, 0.3) is 5.91 Å². The summed E-state index contributed by atoms with van der Waals surface area (Å²) in [4.78, 5) is 12.3. The van der Waals surface area contributed by atoms with Crippen LogP contribution in [0.1, 0.15) is 41.6 Å². The Kier molecular flexibility index (Phi) is 6.11. The Bertz CT molecular complexity index is 797. The Balaban J connectivity index is 1.46. The molecule has 4 nitrogen and oxygen atoms in total. The number of carbonyl (C=O) groups excluding carboxylic acids is 1. The first kappa shape index (κ1) is 20.0. The lowest BCUT2D eigenvalue weighted by atomic mass is 9.86. The van der Waals surface area contributed by atoms with E-state index in [1.54, 1.807) is 0 Å². The van der Waals surface area contributed by atoms with Crippen molar-refractivity contribution in [1.29, 1.82) is 0 Å². The Hall–Kier alpha value is -2.70. The molecule has 1 aliphatic rings. The van der Waals surface area contributed by atoms with Crippen molar-refractivity contribution in [3.05, 3.63) is 59.7 Å². The number of nitrogen functional groups attached to an aromatic ring is 1. The highest BCUT2D eigenvalue weighted by Crippen LogP contribution is 2.30. The largest absolute Gasteiger partial charge is 0.416 e. The van der Waals surface area contributed by atoms with E-state index < -0.39 is 17.6 Å². The summed E-state index contributed by atoms with van der Waals surface area (Å²) in [7, 11) is 0. The molecule has 4 N–H and O–H groups in total. The van der Waals surface area contributed by atoms with Gasteiger partial charge in [0.05, 0.1) is 5.56 Å². The van der Waals surface area contributed by atoms with Crippen LogP contribution in [0, 0.1) is 5.92 Å². The molecule has 0 unspecified atom stereocenters. The first-order valence-corrected chi connectivity index (χ1v) is 9.39. The quantitative estimate of drug-likeness (QED) is 0.648. The van der Waals surface area contributed by atoms with Crippen molar-refractivity contribution < 1.29 is 18.0 Å². The Labute approximate surface area is 162 Å². The fourth-order valence-electron chi connectivity index (χ4n) is 3.48. The number of benzene rings is 2. The topological polar surface area (TPSA) is 67.2 Å². The van der Waals surface area contributed by atoms with E-state index in [-0.39, 0.29) is 11.6 Å². The van der Waals surface area contributed by atoms with Gasteiger partial charge in [-0.15, -0.1) is 0 Å². The number of hydrogen-bond donors (Lipinski definition) is 3. The number of carbonyl (C=O) groups is 1. The molecule has 0 bridgehead atoms. The maximum Gasteiger partial charge on any atom is 0.416 e. The number of halogens is 3. The third-order valence-corrected chi connectivity index (χ3v) is 5.14. The molecule has 0 saturated heterocycles. The zero-order valence-electron chi connectivity index (χ0n) is 15.4. The third kappa shape index (κ3) is 5.41. The number of hydrogen-bond acceptors (Lipinski definition) is 3. The van der Waals surface area contributed by atoms with E-state index in [1.807, 2.05) is 24.3 Å². The molecule has 2 aromatic carbocycles. The lowest BCUT2D eigenvalue weighted by Crippen LogP contribution is -2.38. The van der Waals surface area contributed by atoms with Gasteiger partial charge in [0, 0.05) is 29.5 Å². The number of nitrogens with one attached hydrogen (secondary N) is 2. The first-order chi connectivity index (χ1) is 13.3. The predicted molar refractivity (Wildman–Crippen MR) is 104 cm³/mol. The molecule has 1 aliphatic carbocycles. The van der Waals surface area contributed by atoms with Gasteiger partial charge in [0.15, 0.2) is 0 Å². The average molecular weight is 391 g/mol. The Morgan fingerprint density at radius 3 is 2.36 bits per heavy atom. The smallest absolute Gasteiger partial charge is 0.399 e. The van der Waals surface area contributed by atoms with Crippen molar-refractivity contribution in [3.8, 4) is 0 Å². The maximum atomic E-state index is 12.8. The number of rotatable bonds is 5. The van der Waals surface area contributed by atoms with Crippen LogP contribution in [0.15, 0.2) is 48.5 Å². The van der Waals surface area contributed by atoms with E-state index in [2.05, 4.69) is 10.6 Å². The molecule has 1 amide bonds. The molecular formula is C21H24F3N3O. The van der Waals surface area contributed by atoms with Crippen LogP contribution in [0.25, 0.3) is 0 Å². The fourth-order valence-corrected chi connectivity index (χ4v) is 3.48. The third-order valence-electron chi connectivity index (χ3n) is 5.14. The number of alkyl halides is 3. The van der Waals surface area contributed by atoms with Crippen molar-refractivity contribution in [2.24, 2.45) is 5.92 Å². The van der Waals surface area contributed by atoms with Gasteiger partial charge in [0.1, 0.15) is 0 Å². The highest BCUT2D eigenvalue weighted by atomic mass is 19.4. The maximum absolute atomic E-state index is 12.8. The summed E-state index contributed by atoms with van der Waals surface area (Å²) >= 11 is 0. The van der Waals surface area contributed by atoms with Crippen molar-refractivity contribution >= 4 is 17.3 Å². The van der Waals surface area contributed by atoms with Crippen molar-refractivity contribution in [2.45, 2.75) is 37.9 Å². The molecule has 1 fully saturated rings. The summed E-state index contributed by atoms with van der Waals surface area (Å²) in [6.45, 7) is 0.845. The zero-order valence-corrected chi connectivity index (χ0v) is 15.4. The summed E-state index contributed by atoms with van der Waals surface area (Å²) in [5.74, 6) is 0.0498. The van der Waals surface area contributed by atoms with E-state index in [4.69, 9.17) is 5.73 Å². The van der Waals surface area contributed by atoms with Crippen LogP contribution in [-0.4, -0.2) is 18.5 Å². The van der Waals surface area contributed by atoms with E-state index >= 15 is 0 Å². The first-order valence-electron chi connectivity index (χ1n) is 9.39. The molecule has 150 valence electrons. The van der Waals surface area contributed by atoms with E-state index in [0.29, 0.717) is 5.92 Å². The summed E-state index contributed by atoms with van der Waals surface area (Å²) in [5.41, 5.74) is 6.66. The molecule has 0 spiro atoms. The molecule has 1 saturated carbocycles. The van der Waals surface area contributed by atoms with Gasteiger partial charge in [-0.3, -0.25) is 4.79 Å². The van der Waals surface area contributed by atoms with Crippen molar-refractivity contribution in [2.75, 3.05) is 17.6 Å². The van der Waals surface area contributed by atoms with Gasteiger partial charge in [-0.2, -0.15) is 13.2 Å². The molecule has 3 rings (SSSR count). The van der Waals surface area contributed by atoms with Crippen LogP contribution < -0.4 is 16.4 Å². The summed E-state index contributed by atoms with van der Waals surface area (Å²) in [6, 6.07) is 12.1. The van der Waals surface area contributed by atoms with Gasteiger partial charge >= 0.3 is 6.18 Å². The van der Waals surface area contributed by atoms with Crippen molar-refractivity contribution in [3.63, 3.8) is 0 Å². The minimum atomic E-state index is -4.45. The SMILES string of the molecule is Nc1ccc(NCC2CCC(NC(=O)c3cccc(C(F)(F)F)c3)CC2)cc1. The predicted octanol–water partition coefficient (Wildman–Crippen LogP) is 4.69. The molecule has 28 heavy (non-hydrogen) atoms. The van der Waals surface area contributed by atoms with Gasteiger partial charge < -0.3 is 16.4 Å². The van der Waals surface area contributed by atoms with Crippen LogP contribution in [0.4, 0.5) is 24.5 Å². The van der Waals surface area contributed by atoms with Crippen molar-refractivity contribution in [1.82, 2.24) is 5.32 Å². The van der Waals surface area contributed by atoms with Crippen LogP contribution in [-0.2, 0) is 6.18 Å². The molecule has 0 atom stereocenters. The van der Waals surface area contributed by atoms with Crippen LogP contribution in [0.2, 0.25) is 0 Å². The monoisotopic (exact) mass is 391 g/mol. The zero-order chi connectivity index (χ0) is 20.1. The second-order valence-corrected chi connectivity index (χ2v) is 7.27. The van der Waals surface area contributed by atoms with Gasteiger partial charge in [-0.25, -0.2) is 0 Å².